The second-order valence-electron chi connectivity index (χ2n) is 5.55. The van der Waals surface area contributed by atoms with Crippen molar-refractivity contribution >= 4 is 23.1 Å². The smallest absolute Gasteiger partial charge is 0.191 e. The second-order valence-corrected chi connectivity index (χ2v) is 7.44. The molecule has 3 heterocycles. The molecule has 0 spiro atoms. The van der Waals surface area contributed by atoms with Gasteiger partial charge in [-0.3, -0.25) is 0 Å². The third-order valence-electron chi connectivity index (χ3n) is 3.76. The Morgan fingerprint density at radius 1 is 1.12 bits per heavy atom. The van der Waals surface area contributed by atoms with Crippen LogP contribution in [0.3, 0.4) is 0 Å². The molecular formula is C18H16N4OS2. The predicted molar refractivity (Wildman–Crippen MR) is 99.7 cm³/mol. The zero-order chi connectivity index (χ0) is 17.1. The summed E-state index contributed by atoms with van der Waals surface area (Å²) in [5.74, 6) is 2.42. The van der Waals surface area contributed by atoms with Crippen LogP contribution in [-0.4, -0.2) is 19.9 Å². The molecule has 0 amide bonds. The van der Waals surface area contributed by atoms with E-state index >= 15 is 0 Å². The van der Waals surface area contributed by atoms with Gasteiger partial charge in [-0.2, -0.15) is 0 Å². The maximum absolute atomic E-state index is 5.43. The lowest BCUT2D eigenvalue weighted by Crippen LogP contribution is -2.03. The minimum absolute atomic E-state index is 0.696. The number of thioether (sulfide) groups is 1. The number of nitrogens with zero attached hydrogens (tertiary/aromatic N) is 4. The SMILES string of the molecule is Cc1nnc(SCc2cc(-c3cccs3)on2)n1Cc1ccccc1. The standard InChI is InChI=1S/C18H16N4OS2/c1-13-19-20-18(22(13)11-14-6-3-2-4-7-14)25-12-15-10-16(23-21-15)17-8-5-9-24-17/h2-10H,11-12H2,1H3. The van der Waals surface area contributed by atoms with E-state index in [0.717, 1.165) is 33.9 Å². The summed E-state index contributed by atoms with van der Waals surface area (Å²) in [6.07, 6.45) is 0. The van der Waals surface area contributed by atoms with Gasteiger partial charge < -0.3 is 9.09 Å². The van der Waals surface area contributed by atoms with Gasteiger partial charge in [0, 0.05) is 11.8 Å². The van der Waals surface area contributed by atoms with Gasteiger partial charge >= 0.3 is 0 Å². The molecule has 0 N–H and O–H groups in total. The summed E-state index contributed by atoms with van der Waals surface area (Å²) >= 11 is 3.26. The molecule has 4 rings (SSSR count). The second kappa shape index (κ2) is 7.25. The van der Waals surface area contributed by atoms with Crippen molar-refractivity contribution in [2.75, 3.05) is 0 Å². The predicted octanol–water partition coefficient (Wildman–Crippen LogP) is 4.64. The fraction of sp³-hybridized carbons (Fsp3) is 0.167. The van der Waals surface area contributed by atoms with E-state index in [2.05, 4.69) is 32.1 Å². The van der Waals surface area contributed by atoms with Gasteiger partial charge in [-0.15, -0.1) is 21.5 Å². The molecule has 25 heavy (non-hydrogen) atoms. The van der Waals surface area contributed by atoms with Crippen LogP contribution in [0, 0.1) is 6.92 Å². The highest BCUT2D eigenvalue weighted by Crippen LogP contribution is 2.28. The lowest BCUT2D eigenvalue weighted by atomic mass is 10.2. The highest BCUT2D eigenvalue weighted by atomic mass is 32.2. The Labute approximate surface area is 153 Å². The largest absolute Gasteiger partial charge is 0.355 e. The van der Waals surface area contributed by atoms with Gasteiger partial charge in [-0.05, 0) is 23.9 Å². The number of hydrogen-bond donors (Lipinski definition) is 0. The monoisotopic (exact) mass is 368 g/mol. The average molecular weight is 368 g/mol. The maximum atomic E-state index is 5.43. The molecule has 0 saturated carbocycles. The first-order valence-electron chi connectivity index (χ1n) is 7.85. The quantitative estimate of drug-likeness (QED) is 0.464. The zero-order valence-electron chi connectivity index (χ0n) is 13.6. The Balaban J connectivity index is 1.47. The summed E-state index contributed by atoms with van der Waals surface area (Å²) in [7, 11) is 0. The summed E-state index contributed by atoms with van der Waals surface area (Å²) in [4.78, 5) is 1.09. The first-order chi connectivity index (χ1) is 12.3. The highest BCUT2D eigenvalue weighted by molar-refractivity contribution is 7.98. The lowest BCUT2D eigenvalue weighted by Gasteiger charge is -2.07. The van der Waals surface area contributed by atoms with Crippen molar-refractivity contribution in [3.8, 4) is 10.6 Å². The van der Waals surface area contributed by atoms with Crippen molar-refractivity contribution in [1.82, 2.24) is 19.9 Å². The molecule has 0 radical (unpaired) electrons. The van der Waals surface area contributed by atoms with Crippen LogP contribution in [0.2, 0.25) is 0 Å². The number of hydrogen-bond acceptors (Lipinski definition) is 6. The van der Waals surface area contributed by atoms with Crippen LogP contribution < -0.4 is 0 Å². The molecule has 0 bridgehead atoms. The number of aryl methyl sites for hydroxylation is 1. The van der Waals surface area contributed by atoms with Crippen LogP contribution in [0.15, 0.2) is 63.6 Å². The van der Waals surface area contributed by atoms with E-state index in [1.807, 2.05) is 48.7 Å². The van der Waals surface area contributed by atoms with Crippen LogP contribution in [0.25, 0.3) is 10.6 Å². The van der Waals surface area contributed by atoms with Crippen molar-refractivity contribution in [3.05, 3.63) is 71.0 Å². The molecule has 0 aliphatic heterocycles. The van der Waals surface area contributed by atoms with Crippen LogP contribution in [0.1, 0.15) is 17.1 Å². The van der Waals surface area contributed by atoms with E-state index < -0.39 is 0 Å². The summed E-state index contributed by atoms with van der Waals surface area (Å²) in [6.45, 7) is 2.74. The molecule has 4 aromatic rings. The minimum Gasteiger partial charge on any atom is -0.355 e. The maximum Gasteiger partial charge on any atom is 0.191 e. The first kappa shape index (κ1) is 16.1. The number of rotatable bonds is 6. The van der Waals surface area contributed by atoms with Crippen molar-refractivity contribution in [3.63, 3.8) is 0 Å². The Morgan fingerprint density at radius 3 is 2.80 bits per heavy atom. The van der Waals surface area contributed by atoms with Crippen molar-refractivity contribution in [1.29, 1.82) is 0 Å². The first-order valence-corrected chi connectivity index (χ1v) is 9.72. The normalized spacial score (nSPS) is 11.1. The van der Waals surface area contributed by atoms with Gasteiger partial charge in [-0.25, -0.2) is 0 Å². The molecule has 0 fully saturated rings. The molecule has 1 aromatic carbocycles. The molecule has 0 aliphatic carbocycles. The molecule has 0 unspecified atom stereocenters. The van der Waals surface area contributed by atoms with Crippen molar-refractivity contribution in [2.45, 2.75) is 24.4 Å². The average Bonchev–Trinajstić information content (AvgIpc) is 3.37. The summed E-state index contributed by atoms with van der Waals surface area (Å²) in [5.41, 5.74) is 2.13. The van der Waals surface area contributed by atoms with E-state index in [1.54, 1.807) is 23.1 Å². The molecule has 7 heteroatoms. The fourth-order valence-corrected chi connectivity index (χ4v) is 4.01. The molecule has 0 atom stereocenters. The summed E-state index contributed by atoms with van der Waals surface area (Å²) in [5, 5.41) is 15.6. The van der Waals surface area contributed by atoms with E-state index in [0.29, 0.717) is 5.75 Å². The highest BCUT2D eigenvalue weighted by Gasteiger charge is 2.13. The zero-order valence-corrected chi connectivity index (χ0v) is 15.3. The topological polar surface area (TPSA) is 56.7 Å². The minimum atomic E-state index is 0.696. The lowest BCUT2D eigenvalue weighted by molar-refractivity contribution is 0.427. The summed E-state index contributed by atoms with van der Waals surface area (Å²) in [6, 6.07) is 16.4. The number of aromatic nitrogens is 4. The van der Waals surface area contributed by atoms with E-state index in [1.165, 1.54) is 5.56 Å². The Hall–Kier alpha value is -2.38. The van der Waals surface area contributed by atoms with Gasteiger partial charge in [-0.1, -0.05) is 53.3 Å². The Kier molecular flexibility index (Phi) is 4.67. The van der Waals surface area contributed by atoms with E-state index in [4.69, 9.17) is 4.52 Å². The van der Waals surface area contributed by atoms with Gasteiger partial charge in [0.1, 0.15) is 5.82 Å². The van der Waals surface area contributed by atoms with Gasteiger partial charge in [0.05, 0.1) is 17.1 Å². The van der Waals surface area contributed by atoms with E-state index in [9.17, 15) is 0 Å². The molecule has 3 aromatic heterocycles. The molecule has 0 saturated heterocycles. The van der Waals surface area contributed by atoms with Crippen molar-refractivity contribution in [2.24, 2.45) is 0 Å². The molecular weight excluding hydrogens is 352 g/mol. The van der Waals surface area contributed by atoms with Crippen LogP contribution in [0.4, 0.5) is 0 Å². The third-order valence-corrected chi connectivity index (χ3v) is 5.64. The summed E-state index contributed by atoms with van der Waals surface area (Å²) < 4.78 is 7.56. The van der Waals surface area contributed by atoms with Crippen LogP contribution in [0.5, 0.6) is 0 Å². The van der Waals surface area contributed by atoms with Gasteiger partial charge in [0.2, 0.25) is 0 Å². The van der Waals surface area contributed by atoms with Crippen LogP contribution >= 0.6 is 23.1 Å². The van der Waals surface area contributed by atoms with Crippen molar-refractivity contribution < 1.29 is 4.52 Å². The fourth-order valence-electron chi connectivity index (χ4n) is 2.47. The van der Waals surface area contributed by atoms with E-state index in [-0.39, 0.29) is 0 Å². The molecule has 5 nitrogen and oxygen atoms in total. The van der Waals surface area contributed by atoms with Crippen LogP contribution in [-0.2, 0) is 12.3 Å². The number of thiophene rings is 1. The number of benzene rings is 1. The molecule has 126 valence electrons. The van der Waals surface area contributed by atoms with Gasteiger partial charge in [0.25, 0.3) is 0 Å². The third kappa shape index (κ3) is 3.67. The van der Waals surface area contributed by atoms with Gasteiger partial charge in [0.15, 0.2) is 10.9 Å². The Bertz CT molecular complexity index is 945. The Morgan fingerprint density at radius 2 is 2.00 bits per heavy atom. The molecule has 0 aliphatic rings.